The second kappa shape index (κ2) is 9.68. The van der Waals surface area contributed by atoms with Gasteiger partial charge in [0.15, 0.2) is 0 Å². The van der Waals surface area contributed by atoms with Crippen molar-refractivity contribution in [3.63, 3.8) is 0 Å². The lowest BCUT2D eigenvalue weighted by Crippen LogP contribution is -2.52. The van der Waals surface area contributed by atoms with Gasteiger partial charge in [0.05, 0.1) is 0 Å². The molecule has 1 fully saturated rings. The highest BCUT2D eigenvalue weighted by Gasteiger charge is 2.58. The van der Waals surface area contributed by atoms with Gasteiger partial charge in [0.1, 0.15) is 17.0 Å². The molecular formula is C30H24Cl3N3O. The fourth-order valence-electron chi connectivity index (χ4n) is 5.97. The first-order chi connectivity index (χ1) is 17.9. The van der Waals surface area contributed by atoms with E-state index in [2.05, 4.69) is 46.3 Å². The number of nitrogens with zero attached hydrogens (tertiary/aromatic N) is 3. The molecule has 3 heterocycles. The predicted molar refractivity (Wildman–Crippen MR) is 150 cm³/mol. The van der Waals surface area contributed by atoms with Crippen LogP contribution in [0.15, 0.2) is 91.0 Å². The maximum Gasteiger partial charge on any atom is 0.274 e. The lowest BCUT2D eigenvalue weighted by Gasteiger charge is -2.38. The molecule has 2 atom stereocenters. The number of fused-ring (bicyclic) bond motifs is 3. The van der Waals surface area contributed by atoms with Gasteiger partial charge in [0, 0.05) is 34.2 Å². The summed E-state index contributed by atoms with van der Waals surface area (Å²) in [4.78, 5) is 22.6. The summed E-state index contributed by atoms with van der Waals surface area (Å²) >= 11 is 18.5. The lowest BCUT2D eigenvalue weighted by molar-refractivity contribution is 0.0703. The normalized spacial score (nSPS) is 20.1. The van der Waals surface area contributed by atoms with E-state index < -0.39 is 0 Å². The Hall–Kier alpha value is -3.05. The Morgan fingerprint density at radius 1 is 0.838 bits per heavy atom. The number of hydrogen-bond donors (Lipinski definition) is 0. The number of carbonyl (C=O) groups excluding carboxylic acids is 1. The van der Waals surface area contributed by atoms with Crippen molar-refractivity contribution in [2.45, 2.75) is 31.0 Å². The summed E-state index contributed by atoms with van der Waals surface area (Å²) in [6.07, 6.45) is 1.43. The van der Waals surface area contributed by atoms with Crippen LogP contribution in [0.3, 0.4) is 0 Å². The van der Waals surface area contributed by atoms with E-state index in [9.17, 15) is 4.79 Å². The van der Waals surface area contributed by atoms with Gasteiger partial charge in [-0.05, 0) is 72.0 Å². The van der Waals surface area contributed by atoms with Gasteiger partial charge in [-0.1, -0.05) is 83.3 Å². The number of anilines is 1. The number of carbonyl (C=O) groups is 1. The van der Waals surface area contributed by atoms with Crippen LogP contribution in [-0.2, 0) is 18.4 Å². The number of benzene rings is 3. The van der Waals surface area contributed by atoms with Crippen LogP contribution in [0.1, 0.15) is 33.6 Å². The van der Waals surface area contributed by atoms with Crippen molar-refractivity contribution < 1.29 is 4.79 Å². The maximum absolute atomic E-state index is 13.9. The van der Waals surface area contributed by atoms with Crippen molar-refractivity contribution in [1.29, 1.82) is 0 Å². The molecule has 0 bridgehead atoms. The Balaban J connectivity index is 1.47. The summed E-state index contributed by atoms with van der Waals surface area (Å²) in [5.41, 5.74) is 4.79. The average Bonchev–Trinajstić information content (AvgIpc) is 3.40. The van der Waals surface area contributed by atoms with Crippen LogP contribution in [0.25, 0.3) is 0 Å². The molecule has 1 aromatic heterocycles. The smallest absolute Gasteiger partial charge is 0.274 e. The fourth-order valence-corrected chi connectivity index (χ4v) is 6.39. The third kappa shape index (κ3) is 4.37. The van der Waals surface area contributed by atoms with Crippen molar-refractivity contribution >= 4 is 46.4 Å². The molecule has 37 heavy (non-hydrogen) atoms. The molecule has 4 nitrogen and oxygen atoms in total. The molecule has 0 spiro atoms. The number of aromatic nitrogens is 1. The fraction of sp³-hybridized carbons (Fsp3) is 0.200. The molecule has 186 valence electrons. The Labute approximate surface area is 231 Å². The summed E-state index contributed by atoms with van der Waals surface area (Å²) < 4.78 is 0. The Kier molecular flexibility index (Phi) is 6.36. The van der Waals surface area contributed by atoms with Crippen molar-refractivity contribution in [2.75, 3.05) is 11.4 Å². The zero-order chi connectivity index (χ0) is 25.6. The molecule has 6 rings (SSSR count). The van der Waals surface area contributed by atoms with Gasteiger partial charge in [-0.3, -0.25) is 4.79 Å². The van der Waals surface area contributed by atoms with Crippen LogP contribution in [0, 0.1) is 0 Å². The van der Waals surface area contributed by atoms with E-state index in [-0.39, 0.29) is 17.5 Å². The van der Waals surface area contributed by atoms with Crippen LogP contribution in [0.5, 0.6) is 0 Å². The number of para-hydroxylation sites is 1. The Morgan fingerprint density at radius 3 is 2.22 bits per heavy atom. The maximum atomic E-state index is 13.9. The van der Waals surface area contributed by atoms with Gasteiger partial charge in [0.25, 0.3) is 5.91 Å². The molecule has 1 amide bonds. The standard InChI is InChI=1S/C30H24Cl3N3O/c31-22-12-8-20(9-13-22)18-30-16-17-35(28(37)25-5-3-7-27(33)34-25)29(30)36(26-6-2-1-4-24(26)30)19-21-10-14-23(32)15-11-21/h1-15,29H,16-19H2. The first-order valence-electron chi connectivity index (χ1n) is 12.2. The minimum atomic E-state index is -0.287. The molecule has 4 aromatic rings. The molecule has 0 N–H and O–H groups in total. The first kappa shape index (κ1) is 24.3. The van der Waals surface area contributed by atoms with E-state index in [4.69, 9.17) is 34.8 Å². The Morgan fingerprint density at radius 2 is 1.51 bits per heavy atom. The van der Waals surface area contributed by atoms with Crippen LogP contribution in [0.4, 0.5) is 5.69 Å². The van der Waals surface area contributed by atoms with E-state index in [0.29, 0.717) is 34.0 Å². The van der Waals surface area contributed by atoms with Crippen LogP contribution in [0.2, 0.25) is 15.2 Å². The van der Waals surface area contributed by atoms with Gasteiger partial charge in [-0.25, -0.2) is 4.98 Å². The minimum Gasteiger partial charge on any atom is -0.346 e. The lowest BCUT2D eigenvalue weighted by atomic mass is 9.74. The van der Waals surface area contributed by atoms with Crippen LogP contribution < -0.4 is 4.90 Å². The largest absolute Gasteiger partial charge is 0.346 e. The topological polar surface area (TPSA) is 36.4 Å². The van der Waals surface area contributed by atoms with Crippen molar-refractivity contribution in [2.24, 2.45) is 0 Å². The average molecular weight is 549 g/mol. The van der Waals surface area contributed by atoms with E-state index >= 15 is 0 Å². The van der Waals surface area contributed by atoms with E-state index in [1.54, 1.807) is 18.2 Å². The highest BCUT2D eigenvalue weighted by atomic mass is 35.5. The SMILES string of the molecule is O=C(c1cccc(Cl)n1)N1CCC2(Cc3ccc(Cl)cc3)c3ccccc3N(Cc3ccc(Cl)cc3)C12. The molecule has 1 saturated heterocycles. The van der Waals surface area contributed by atoms with Crippen molar-refractivity contribution in [3.05, 3.63) is 129 Å². The predicted octanol–water partition coefficient (Wildman–Crippen LogP) is 7.41. The quantitative estimate of drug-likeness (QED) is 0.244. The van der Waals surface area contributed by atoms with Crippen LogP contribution in [-0.4, -0.2) is 28.5 Å². The van der Waals surface area contributed by atoms with Gasteiger partial charge >= 0.3 is 0 Å². The number of amides is 1. The molecular weight excluding hydrogens is 525 g/mol. The van der Waals surface area contributed by atoms with E-state index in [1.807, 2.05) is 41.3 Å². The molecule has 0 saturated carbocycles. The molecule has 2 aliphatic rings. The summed E-state index contributed by atoms with van der Waals surface area (Å²) in [5.74, 6) is -0.112. The van der Waals surface area contributed by atoms with E-state index in [0.717, 1.165) is 24.1 Å². The Bertz CT molecular complexity index is 1460. The molecule has 3 aromatic carbocycles. The summed E-state index contributed by atoms with van der Waals surface area (Å²) in [6.45, 7) is 1.27. The zero-order valence-electron chi connectivity index (χ0n) is 19.9. The van der Waals surface area contributed by atoms with Crippen molar-refractivity contribution in [1.82, 2.24) is 9.88 Å². The summed E-state index contributed by atoms with van der Waals surface area (Å²) in [7, 11) is 0. The summed E-state index contributed by atoms with van der Waals surface area (Å²) in [5, 5.41) is 1.72. The summed E-state index contributed by atoms with van der Waals surface area (Å²) in [6, 6.07) is 29.7. The highest BCUT2D eigenvalue weighted by molar-refractivity contribution is 6.31. The van der Waals surface area contributed by atoms with E-state index in [1.165, 1.54) is 11.1 Å². The zero-order valence-corrected chi connectivity index (χ0v) is 22.2. The van der Waals surface area contributed by atoms with Gasteiger partial charge in [-0.2, -0.15) is 0 Å². The third-order valence-electron chi connectivity index (χ3n) is 7.53. The van der Waals surface area contributed by atoms with Crippen LogP contribution >= 0.6 is 34.8 Å². The van der Waals surface area contributed by atoms with Crippen molar-refractivity contribution in [3.8, 4) is 0 Å². The number of halogens is 3. The minimum absolute atomic E-state index is 0.112. The molecule has 2 aliphatic heterocycles. The number of likely N-dealkylation sites (tertiary alicyclic amines) is 1. The highest BCUT2D eigenvalue weighted by Crippen LogP contribution is 2.54. The molecule has 0 radical (unpaired) electrons. The van der Waals surface area contributed by atoms with Gasteiger partial charge < -0.3 is 9.80 Å². The molecule has 2 unspecified atom stereocenters. The number of rotatable bonds is 5. The van der Waals surface area contributed by atoms with Gasteiger partial charge in [-0.15, -0.1) is 0 Å². The number of hydrogen-bond acceptors (Lipinski definition) is 3. The number of pyridine rings is 1. The van der Waals surface area contributed by atoms with Gasteiger partial charge in [0.2, 0.25) is 0 Å². The second-order valence-electron chi connectivity index (χ2n) is 9.70. The third-order valence-corrected chi connectivity index (χ3v) is 8.24. The second-order valence-corrected chi connectivity index (χ2v) is 11.0. The first-order valence-corrected chi connectivity index (χ1v) is 13.4. The molecule has 7 heteroatoms. The monoisotopic (exact) mass is 547 g/mol. The molecule has 0 aliphatic carbocycles.